The van der Waals surface area contributed by atoms with E-state index in [9.17, 15) is 19.0 Å². The van der Waals surface area contributed by atoms with Crippen LogP contribution in [-0.2, 0) is 32.7 Å². The minimum atomic E-state index is -4.39. The summed E-state index contributed by atoms with van der Waals surface area (Å²) in [6.45, 7) is 4.51. The number of carbonyl (C=O) groups is 2. The summed E-state index contributed by atoms with van der Waals surface area (Å²) in [4.78, 5) is 36.0. The summed E-state index contributed by atoms with van der Waals surface area (Å²) in [6.07, 6.45) is 94.9. The van der Waals surface area contributed by atoms with E-state index in [1.165, 1.54) is 366 Å². The third kappa shape index (κ3) is 77.5. The minimum Gasteiger partial charge on any atom is -0.462 e. The van der Waals surface area contributed by atoms with Crippen LogP contribution in [0.1, 0.15) is 438 Å². The standard InChI is InChI=1S/C82H160NO8P/c1-6-8-10-12-14-16-18-20-22-24-26-28-30-32-34-35-36-37-38-39-40-41-42-43-44-45-46-47-49-50-52-54-56-58-60-62-64-66-68-70-72-74-81(84)88-78-80(79-90-92(86,87)89-77-76-83(3,4)5)91-82(85)75-73-71-69-67-65-63-61-59-57-55-53-51-48-33-31-29-27-25-23-21-19-17-15-13-11-9-7-2/h19,21,25,27,80H,6-18,20,22-24,26,28-79H2,1-5H3/p+1/b21-19-,27-25-. The number of nitrogens with zero attached hydrogens (tertiary/aromatic N) is 1. The zero-order chi connectivity index (χ0) is 66.9. The van der Waals surface area contributed by atoms with E-state index in [0.29, 0.717) is 23.9 Å². The van der Waals surface area contributed by atoms with Crippen molar-refractivity contribution in [2.24, 2.45) is 0 Å². The van der Waals surface area contributed by atoms with Gasteiger partial charge in [0, 0.05) is 12.8 Å². The first kappa shape index (κ1) is 90.5. The molecule has 2 unspecified atom stereocenters. The Bertz CT molecular complexity index is 1600. The maximum atomic E-state index is 12.9. The van der Waals surface area contributed by atoms with Gasteiger partial charge in [-0.1, -0.05) is 404 Å². The lowest BCUT2D eigenvalue weighted by molar-refractivity contribution is -0.870. The molecule has 0 rings (SSSR count). The van der Waals surface area contributed by atoms with Gasteiger partial charge < -0.3 is 18.9 Å². The van der Waals surface area contributed by atoms with Gasteiger partial charge in [-0.05, 0) is 44.9 Å². The van der Waals surface area contributed by atoms with Gasteiger partial charge in [-0.25, -0.2) is 4.57 Å². The Hall–Kier alpha value is -1.51. The number of quaternary nitrogens is 1. The molecule has 546 valence electrons. The molecule has 10 heteroatoms. The Morgan fingerprint density at radius 3 is 0.859 bits per heavy atom. The maximum absolute atomic E-state index is 12.9. The number of hydrogen-bond acceptors (Lipinski definition) is 7. The molecule has 0 aliphatic carbocycles. The molecule has 0 fully saturated rings. The van der Waals surface area contributed by atoms with Gasteiger partial charge in [-0.2, -0.15) is 0 Å². The van der Waals surface area contributed by atoms with Gasteiger partial charge >= 0.3 is 19.8 Å². The first-order valence-electron chi connectivity index (χ1n) is 41.1. The van der Waals surface area contributed by atoms with Crippen LogP contribution in [0.25, 0.3) is 0 Å². The second-order valence-corrected chi connectivity index (χ2v) is 31.0. The molecule has 1 N–H and O–H groups in total. The number of phosphoric ester groups is 1. The van der Waals surface area contributed by atoms with Crippen molar-refractivity contribution in [2.45, 2.75) is 444 Å². The van der Waals surface area contributed by atoms with Crippen molar-refractivity contribution in [3.05, 3.63) is 24.3 Å². The number of likely N-dealkylation sites (N-methyl/N-ethyl adjacent to an activating group) is 1. The monoisotopic (exact) mass is 1320 g/mol. The summed E-state index contributed by atoms with van der Waals surface area (Å²) >= 11 is 0. The summed E-state index contributed by atoms with van der Waals surface area (Å²) < 4.78 is 34.8. The van der Waals surface area contributed by atoms with E-state index >= 15 is 0 Å². The molecule has 0 saturated carbocycles. The topological polar surface area (TPSA) is 108 Å². The third-order valence-electron chi connectivity index (χ3n) is 19.0. The van der Waals surface area contributed by atoms with Crippen molar-refractivity contribution >= 4 is 19.8 Å². The first-order valence-corrected chi connectivity index (χ1v) is 42.6. The van der Waals surface area contributed by atoms with E-state index in [-0.39, 0.29) is 25.6 Å². The van der Waals surface area contributed by atoms with Gasteiger partial charge in [0.1, 0.15) is 19.8 Å². The predicted octanol–water partition coefficient (Wildman–Crippen LogP) is 27.2. The molecule has 0 aliphatic rings. The number of hydrogen-bond donors (Lipinski definition) is 1. The Morgan fingerprint density at radius 2 is 0.587 bits per heavy atom. The van der Waals surface area contributed by atoms with Crippen molar-refractivity contribution in [2.75, 3.05) is 47.5 Å². The number of ether oxygens (including phenoxy) is 2. The van der Waals surface area contributed by atoms with Crippen LogP contribution in [0.15, 0.2) is 24.3 Å². The van der Waals surface area contributed by atoms with Crippen molar-refractivity contribution < 1.29 is 42.1 Å². The average molecular weight is 1320 g/mol. The van der Waals surface area contributed by atoms with E-state index in [4.69, 9.17) is 18.5 Å². The predicted molar refractivity (Wildman–Crippen MR) is 400 cm³/mol. The lowest BCUT2D eigenvalue weighted by Crippen LogP contribution is -2.37. The molecule has 92 heavy (non-hydrogen) atoms. The fraction of sp³-hybridized carbons (Fsp3) is 0.927. The highest BCUT2D eigenvalue weighted by Crippen LogP contribution is 2.43. The van der Waals surface area contributed by atoms with Crippen LogP contribution < -0.4 is 0 Å². The molecule has 0 aromatic carbocycles. The molecule has 0 spiro atoms. The lowest BCUT2D eigenvalue weighted by atomic mass is 10.0. The number of phosphoric acid groups is 1. The summed E-state index contributed by atoms with van der Waals surface area (Å²) in [5, 5.41) is 0. The lowest BCUT2D eigenvalue weighted by Gasteiger charge is -2.24. The smallest absolute Gasteiger partial charge is 0.462 e. The molecule has 0 bridgehead atoms. The van der Waals surface area contributed by atoms with E-state index < -0.39 is 26.5 Å². The average Bonchev–Trinajstić information content (AvgIpc) is 2.14. The van der Waals surface area contributed by atoms with Gasteiger partial charge in [-0.3, -0.25) is 18.6 Å². The number of carbonyl (C=O) groups excluding carboxylic acids is 2. The molecule has 0 aliphatic heterocycles. The van der Waals surface area contributed by atoms with Crippen molar-refractivity contribution in [3.63, 3.8) is 0 Å². The third-order valence-corrected chi connectivity index (χ3v) is 20.0. The molecule has 0 radical (unpaired) electrons. The molecular weight excluding hydrogens is 1160 g/mol. The van der Waals surface area contributed by atoms with Crippen LogP contribution in [0.5, 0.6) is 0 Å². The van der Waals surface area contributed by atoms with Gasteiger partial charge in [-0.15, -0.1) is 0 Å². The molecule has 9 nitrogen and oxygen atoms in total. The molecule has 2 atom stereocenters. The second-order valence-electron chi connectivity index (χ2n) is 29.5. The van der Waals surface area contributed by atoms with Crippen LogP contribution in [0, 0.1) is 0 Å². The summed E-state index contributed by atoms with van der Waals surface area (Å²) in [5.41, 5.74) is 0. The van der Waals surface area contributed by atoms with Crippen LogP contribution in [0.3, 0.4) is 0 Å². The van der Waals surface area contributed by atoms with Gasteiger partial charge in [0.2, 0.25) is 0 Å². The van der Waals surface area contributed by atoms with Crippen molar-refractivity contribution in [3.8, 4) is 0 Å². The van der Waals surface area contributed by atoms with Gasteiger partial charge in [0.05, 0.1) is 27.7 Å². The normalized spacial score (nSPS) is 13.1. The van der Waals surface area contributed by atoms with Crippen molar-refractivity contribution in [1.82, 2.24) is 0 Å². The molecule has 0 aromatic heterocycles. The highest BCUT2D eigenvalue weighted by molar-refractivity contribution is 7.47. The highest BCUT2D eigenvalue weighted by Gasteiger charge is 2.27. The fourth-order valence-electron chi connectivity index (χ4n) is 12.7. The van der Waals surface area contributed by atoms with Crippen LogP contribution in [0.2, 0.25) is 0 Å². The van der Waals surface area contributed by atoms with Crippen LogP contribution in [-0.4, -0.2) is 74.9 Å². The van der Waals surface area contributed by atoms with Crippen LogP contribution in [0.4, 0.5) is 0 Å². The molecule has 0 saturated heterocycles. The Morgan fingerprint density at radius 1 is 0.337 bits per heavy atom. The largest absolute Gasteiger partial charge is 0.472 e. The number of rotatable bonds is 78. The molecule has 0 heterocycles. The SMILES string of the molecule is CCCCCCC/C=C\C/C=C\CCCCCCCCCCCCCCCCCC(=O)OC(COC(=O)CCCCCCCCCCCCCCCCCCCCCCCCCCCCCCCCCCCCCCCCCCC)COP(=O)(O)OCC[N+](C)(C)C. The first-order chi connectivity index (χ1) is 45.0. The van der Waals surface area contributed by atoms with E-state index in [0.717, 1.165) is 38.5 Å². The zero-order valence-corrected chi connectivity index (χ0v) is 63.5. The summed E-state index contributed by atoms with van der Waals surface area (Å²) in [6, 6.07) is 0. The van der Waals surface area contributed by atoms with Crippen LogP contribution >= 0.6 is 7.82 Å². The van der Waals surface area contributed by atoms with Crippen molar-refractivity contribution in [1.29, 1.82) is 0 Å². The molecule has 0 aromatic rings. The second kappa shape index (κ2) is 73.7. The number of unbranched alkanes of at least 4 members (excludes halogenated alkanes) is 60. The summed E-state index contributed by atoms with van der Waals surface area (Å²) in [7, 11) is 1.50. The van der Waals surface area contributed by atoms with E-state index in [1.54, 1.807) is 0 Å². The quantitative estimate of drug-likeness (QED) is 0.0211. The van der Waals surface area contributed by atoms with Gasteiger partial charge in [0.25, 0.3) is 0 Å². The molecule has 0 amide bonds. The Labute approximate surface area is 574 Å². The minimum absolute atomic E-state index is 0.0353. The summed E-state index contributed by atoms with van der Waals surface area (Å²) in [5.74, 6) is -0.772. The maximum Gasteiger partial charge on any atom is 0.472 e. The Kier molecular flexibility index (Phi) is 72.5. The highest BCUT2D eigenvalue weighted by atomic mass is 31.2. The number of allylic oxidation sites excluding steroid dienone is 4. The zero-order valence-electron chi connectivity index (χ0n) is 62.6. The van der Waals surface area contributed by atoms with E-state index in [2.05, 4.69) is 38.2 Å². The number of esters is 2. The molecular formula is C82H161NO8P+. The Balaban J connectivity index is 3.85. The van der Waals surface area contributed by atoms with Gasteiger partial charge in [0.15, 0.2) is 6.10 Å². The van der Waals surface area contributed by atoms with E-state index in [1.807, 2.05) is 21.1 Å². The fourth-order valence-corrected chi connectivity index (χ4v) is 13.4.